The van der Waals surface area contributed by atoms with Crippen molar-refractivity contribution in [1.29, 1.82) is 0 Å². The van der Waals surface area contributed by atoms with E-state index in [1.54, 1.807) is 0 Å². The van der Waals surface area contributed by atoms with Crippen LogP contribution in [0.4, 0.5) is 0 Å². The van der Waals surface area contributed by atoms with Gasteiger partial charge in [0, 0.05) is 12.8 Å². The summed E-state index contributed by atoms with van der Waals surface area (Å²) in [5.41, 5.74) is 0. The molecule has 1 N–H and O–H groups in total. The zero-order valence-corrected chi connectivity index (χ0v) is 21.5. The lowest BCUT2D eigenvalue weighted by atomic mass is 10.0. The highest BCUT2D eigenvalue weighted by molar-refractivity contribution is 5.69. The number of unbranched alkanes of at least 4 members (excludes halogenated alkanes) is 16. The molecule has 0 aromatic rings. The van der Waals surface area contributed by atoms with Crippen LogP contribution in [0.25, 0.3) is 0 Å². The summed E-state index contributed by atoms with van der Waals surface area (Å²) in [5.74, 6) is -0.709. The zero-order chi connectivity index (χ0) is 23.7. The van der Waals surface area contributed by atoms with Gasteiger partial charge in [-0.2, -0.15) is 0 Å². The molecular formula is C28H54O4. The Morgan fingerprint density at radius 2 is 0.938 bits per heavy atom. The molecule has 1 atom stereocenters. The van der Waals surface area contributed by atoms with Crippen LogP contribution < -0.4 is 0 Å². The molecule has 4 heteroatoms. The summed E-state index contributed by atoms with van der Waals surface area (Å²) < 4.78 is 5.88. The number of carbonyl (C=O) groups excluding carboxylic acids is 1. The molecule has 32 heavy (non-hydrogen) atoms. The first kappa shape index (κ1) is 30.9. The van der Waals surface area contributed by atoms with Crippen molar-refractivity contribution < 1.29 is 19.4 Å². The standard InChI is InChI=1S/C28H54O4/c1-3-5-7-9-11-12-14-18-22-26(23-19-15-13-16-20-24-27(29)30)32-28(31)25-21-17-10-8-6-4-2/h26H,3-25H2,1-2H3,(H,29,30). The third kappa shape index (κ3) is 23.6. The SMILES string of the molecule is CCCCCCCCCCC(CCCCCCCC(=O)O)OC(=O)CCCCCCCC. The number of carboxylic acids is 1. The van der Waals surface area contributed by atoms with E-state index in [9.17, 15) is 9.59 Å². The van der Waals surface area contributed by atoms with Gasteiger partial charge in [-0.1, -0.05) is 110 Å². The van der Waals surface area contributed by atoms with E-state index in [-0.39, 0.29) is 18.5 Å². The first-order valence-corrected chi connectivity index (χ1v) is 14.0. The largest absolute Gasteiger partial charge is 0.481 e. The van der Waals surface area contributed by atoms with Gasteiger partial charge in [0.05, 0.1) is 0 Å². The zero-order valence-electron chi connectivity index (χ0n) is 21.5. The van der Waals surface area contributed by atoms with Crippen LogP contribution in [0.15, 0.2) is 0 Å². The monoisotopic (exact) mass is 454 g/mol. The highest BCUT2D eigenvalue weighted by Crippen LogP contribution is 2.18. The molecule has 190 valence electrons. The van der Waals surface area contributed by atoms with E-state index in [4.69, 9.17) is 9.84 Å². The topological polar surface area (TPSA) is 63.6 Å². The molecule has 0 heterocycles. The predicted molar refractivity (Wildman–Crippen MR) is 135 cm³/mol. The van der Waals surface area contributed by atoms with Crippen molar-refractivity contribution in [2.75, 3.05) is 0 Å². The number of carboxylic acid groups (broad SMARTS) is 1. The normalized spacial score (nSPS) is 12.1. The molecule has 0 aromatic heterocycles. The first-order valence-electron chi connectivity index (χ1n) is 14.0. The Hall–Kier alpha value is -1.06. The van der Waals surface area contributed by atoms with Gasteiger partial charge in [-0.15, -0.1) is 0 Å². The minimum atomic E-state index is -0.701. The quantitative estimate of drug-likeness (QED) is 0.110. The van der Waals surface area contributed by atoms with E-state index in [1.807, 2.05) is 0 Å². The lowest BCUT2D eigenvalue weighted by molar-refractivity contribution is -0.150. The van der Waals surface area contributed by atoms with Crippen molar-refractivity contribution in [3.8, 4) is 0 Å². The van der Waals surface area contributed by atoms with E-state index in [0.29, 0.717) is 6.42 Å². The molecule has 0 fully saturated rings. The number of aliphatic carboxylic acids is 1. The van der Waals surface area contributed by atoms with Crippen molar-refractivity contribution in [3.63, 3.8) is 0 Å². The molecule has 0 amide bonds. The van der Waals surface area contributed by atoms with Crippen molar-refractivity contribution in [2.45, 2.75) is 168 Å². The molecule has 1 unspecified atom stereocenters. The average molecular weight is 455 g/mol. The van der Waals surface area contributed by atoms with Gasteiger partial charge >= 0.3 is 11.9 Å². The molecule has 0 aromatic carbocycles. The van der Waals surface area contributed by atoms with Gasteiger partial charge in [-0.05, 0) is 38.5 Å². The van der Waals surface area contributed by atoms with E-state index >= 15 is 0 Å². The molecule has 0 saturated carbocycles. The fraction of sp³-hybridized carbons (Fsp3) is 0.929. The van der Waals surface area contributed by atoms with E-state index in [0.717, 1.165) is 64.2 Å². The first-order chi connectivity index (χ1) is 15.6. The van der Waals surface area contributed by atoms with E-state index in [2.05, 4.69) is 13.8 Å². The van der Waals surface area contributed by atoms with Gasteiger partial charge in [-0.25, -0.2) is 0 Å². The molecule has 0 aliphatic heterocycles. The van der Waals surface area contributed by atoms with Gasteiger partial charge in [0.1, 0.15) is 6.10 Å². The highest BCUT2D eigenvalue weighted by atomic mass is 16.5. The summed E-state index contributed by atoms with van der Waals surface area (Å²) in [6.07, 6.45) is 25.4. The van der Waals surface area contributed by atoms with Gasteiger partial charge in [0.25, 0.3) is 0 Å². The molecule has 0 saturated heterocycles. The number of hydrogen-bond acceptors (Lipinski definition) is 3. The van der Waals surface area contributed by atoms with Gasteiger partial charge < -0.3 is 9.84 Å². The second-order valence-electron chi connectivity index (χ2n) is 9.59. The molecular weight excluding hydrogens is 400 g/mol. The Kier molecular flexibility index (Phi) is 23.8. The van der Waals surface area contributed by atoms with Crippen LogP contribution in [-0.2, 0) is 14.3 Å². The third-order valence-electron chi connectivity index (χ3n) is 6.33. The number of carbonyl (C=O) groups is 2. The fourth-order valence-corrected chi connectivity index (χ4v) is 4.24. The number of ether oxygens (including phenoxy) is 1. The molecule has 0 bridgehead atoms. The molecule has 0 rings (SSSR count). The molecule has 0 radical (unpaired) electrons. The lowest BCUT2D eigenvalue weighted by Crippen LogP contribution is -2.18. The number of hydrogen-bond donors (Lipinski definition) is 1. The van der Waals surface area contributed by atoms with Crippen LogP contribution in [0, 0.1) is 0 Å². The van der Waals surface area contributed by atoms with Crippen LogP contribution in [0.1, 0.15) is 162 Å². The van der Waals surface area contributed by atoms with E-state index < -0.39 is 5.97 Å². The van der Waals surface area contributed by atoms with Crippen LogP contribution in [0.2, 0.25) is 0 Å². The van der Waals surface area contributed by atoms with Crippen molar-refractivity contribution in [1.82, 2.24) is 0 Å². The van der Waals surface area contributed by atoms with Gasteiger partial charge in [0.15, 0.2) is 0 Å². The summed E-state index contributed by atoms with van der Waals surface area (Å²) in [5, 5.41) is 8.71. The maximum atomic E-state index is 12.3. The summed E-state index contributed by atoms with van der Waals surface area (Å²) in [6, 6.07) is 0. The molecule has 4 nitrogen and oxygen atoms in total. The second kappa shape index (κ2) is 24.6. The summed E-state index contributed by atoms with van der Waals surface area (Å²) in [4.78, 5) is 22.9. The Morgan fingerprint density at radius 3 is 1.38 bits per heavy atom. The average Bonchev–Trinajstić information content (AvgIpc) is 2.76. The van der Waals surface area contributed by atoms with E-state index in [1.165, 1.54) is 70.6 Å². The predicted octanol–water partition coefficient (Wildman–Crippen LogP) is 8.99. The Bertz CT molecular complexity index is 422. The maximum Gasteiger partial charge on any atom is 0.306 e. The second-order valence-corrected chi connectivity index (χ2v) is 9.59. The maximum absolute atomic E-state index is 12.3. The fourth-order valence-electron chi connectivity index (χ4n) is 4.24. The Balaban J connectivity index is 4.06. The summed E-state index contributed by atoms with van der Waals surface area (Å²) >= 11 is 0. The minimum Gasteiger partial charge on any atom is -0.481 e. The van der Waals surface area contributed by atoms with Gasteiger partial charge in [-0.3, -0.25) is 9.59 Å². The summed E-state index contributed by atoms with van der Waals surface area (Å²) in [7, 11) is 0. The van der Waals surface area contributed by atoms with Crippen molar-refractivity contribution in [3.05, 3.63) is 0 Å². The summed E-state index contributed by atoms with van der Waals surface area (Å²) in [6.45, 7) is 4.48. The van der Waals surface area contributed by atoms with Gasteiger partial charge in [0.2, 0.25) is 0 Å². The highest BCUT2D eigenvalue weighted by Gasteiger charge is 2.14. The smallest absolute Gasteiger partial charge is 0.306 e. The van der Waals surface area contributed by atoms with Crippen LogP contribution in [0.3, 0.4) is 0 Å². The number of esters is 1. The molecule has 0 aliphatic carbocycles. The van der Waals surface area contributed by atoms with Crippen molar-refractivity contribution in [2.24, 2.45) is 0 Å². The molecule has 0 aliphatic rings. The minimum absolute atomic E-state index is 0.00786. The van der Waals surface area contributed by atoms with Crippen LogP contribution >= 0.6 is 0 Å². The molecule has 0 spiro atoms. The lowest BCUT2D eigenvalue weighted by Gasteiger charge is -2.18. The Morgan fingerprint density at radius 1 is 0.562 bits per heavy atom. The number of rotatable bonds is 25. The Labute approximate surface area is 199 Å². The third-order valence-corrected chi connectivity index (χ3v) is 6.33. The van der Waals surface area contributed by atoms with Crippen LogP contribution in [-0.4, -0.2) is 23.1 Å². The van der Waals surface area contributed by atoms with Crippen LogP contribution in [0.5, 0.6) is 0 Å². The van der Waals surface area contributed by atoms with Crippen molar-refractivity contribution >= 4 is 11.9 Å².